The largest absolute Gasteiger partial charge is 0.481 e. The number of aliphatic carboxylic acids is 1. The molecule has 0 aliphatic carbocycles. The van der Waals surface area contributed by atoms with Gasteiger partial charge in [-0.2, -0.15) is 0 Å². The minimum absolute atomic E-state index is 0.342. The molecule has 3 heteroatoms. The van der Waals surface area contributed by atoms with Gasteiger partial charge in [-0.3, -0.25) is 4.79 Å². The van der Waals surface area contributed by atoms with Crippen LogP contribution < -0.4 is 0 Å². The summed E-state index contributed by atoms with van der Waals surface area (Å²) in [5.74, 6) is -0.485. The summed E-state index contributed by atoms with van der Waals surface area (Å²) < 4.78 is 2.24. The highest BCUT2D eigenvalue weighted by atomic mass is 16.4. The lowest BCUT2D eigenvalue weighted by molar-refractivity contribution is -0.141. The Morgan fingerprint density at radius 3 is 2.63 bits per heavy atom. The molecule has 0 bridgehead atoms. The van der Waals surface area contributed by atoms with Crippen LogP contribution in [0, 0.1) is 11.8 Å². The lowest BCUT2D eigenvalue weighted by Gasteiger charge is -2.10. The summed E-state index contributed by atoms with van der Waals surface area (Å²) in [5, 5.41) is 10.2. The van der Waals surface area contributed by atoms with Crippen LogP contribution in [0.3, 0.4) is 0 Å². The summed E-state index contributed by atoms with van der Waals surface area (Å²) in [7, 11) is 0. The summed E-state index contributed by atoms with van der Waals surface area (Å²) in [6, 6.07) is 8.34. The molecule has 0 spiro atoms. The average molecular weight is 259 g/mol. The summed E-state index contributed by atoms with van der Waals surface area (Å²) in [6.45, 7) is 7.13. The van der Waals surface area contributed by atoms with Crippen LogP contribution >= 0.6 is 0 Å². The fourth-order valence-electron chi connectivity index (χ4n) is 2.35. The highest BCUT2D eigenvalue weighted by Crippen LogP contribution is 2.20. The average Bonchev–Trinajstić information content (AvgIpc) is 2.71. The maximum absolute atomic E-state index is 10.9. The summed E-state index contributed by atoms with van der Waals surface area (Å²) in [5.41, 5.74) is 2.29. The molecule has 1 atom stereocenters. The van der Waals surface area contributed by atoms with Gasteiger partial charge < -0.3 is 9.67 Å². The number of hydrogen-bond acceptors (Lipinski definition) is 1. The Hall–Kier alpha value is -1.77. The van der Waals surface area contributed by atoms with Gasteiger partial charge in [-0.1, -0.05) is 32.9 Å². The molecule has 0 saturated heterocycles. The first kappa shape index (κ1) is 13.7. The van der Waals surface area contributed by atoms with Crippen LogP contribution in [0.15, 0.2) is 30.5 Å². The van der Waals surface area contributed by atoms with Crippen LogP contribution in [0.5, 0.6) is 0 Å². The third-order valence-corrected chi connectivity index (χ3v) is 3.36. The van der Waals surface area contributed by atoms with Gasteiger partial charge in [0.15, 0.2) is 0 Å². The summed E-state index contributed by atoms with van der Waals surface area (Å²) in [6.07, 6.45) is 2.69. The van der Waals surface area contributed by atoms with Crippen molar-refractivity contribution in [2.24, 2.45) is 11.8 Å². The maximum atomic E-state index is 10.9. The predicted octanol–water partition coefficient (Wildman–Crippen LogP) is 3.56. The lowest BCUT2D eigenvalue weighted by atomic mass is 10.0. The maximum Gasteiger partial charge on any atom is 0.306 e. The van der Waals surface area contributed by atoms with E-state index >= 15 is 0 Å². The second-order valence-electron chi connectivity index (χ2n) is 5.70. The van der Waals surface area contributed by atoms with Crippen LogP contribution in [-0.2, 0) is 17.8 Å². The molecule has 1 aromatic carbocycles. The fourth-order valence-corrected chi connectivity index (χ4v) is 2.35. The molecule has 1 unspecified atom stereocenters. The first-order valence-electron chi connectivity index (χ1n) is 6.78. The zero-order valence-corrected chi connectivity index (χ0v) is 11.8. The zero-order valence-electron chi connectivity index (χ0n) is 11.8. The molecule has 0 aliphatic rings. The van der Waals surface area contributed by atoms with Gasteiger partial charge in [-0.15, -0.1) is 0 Å². The van der Waals surface area contributed by atoms with Crippen molar-refractivity contribution >= 4 is 16.9 Å². The van der Waals surface area contributed by atoms with Crippen molar-refractivity contribution in [1.82, 2.24) is 4.57 Å². The van der Waals surface area contributed by atoms with E-state index in [1.165, 1.54) is 10.9 Å². The van der Waals surface area contributed by atoms with E-state index in [9.17, 15) is 4.79 Å². The second-order valence-corrected chi connectivity index (χ2v) is 5.70. The van der Waals surface area contributed by atoms with E-state index < -0.39 is 5.97 Å². The predicted molar refractivity (Wildman–Crippen MR) is 77.3 cm³/mol. The first-order chi connectivity index (χ1) is 8.97. The Kier molecular flexibility index (Phi) is 3.93. The topological polar surface area (TPSA) is 42.2 Å². The number of rotatable bonds is 5. The molecular formula is C16H21NO2. The molecule has 3 nitrogen and oxygen atoms in total. The Balaban J connectivity index is 2.30. The van der Waals surface area contributed by atoms with Gasteiger partial charge in [0, 0.05) is 18.3 Å². The van der Waals surface area contributed by atoms with E-state index in [2.05, 4.69) is 42.8 Å². The summed E-state index contributed by atoms with van der Waals surface area (Å²) in [4.78, 5) is 10.9. The Morgan fingerprint density at radius 2 is 2.00 bits per heavy atom. The third-order valence-electron chi connectivity index (χ3n) is 3.36. The molecule has 2 rings (SSSR count). The van der Waals surface area contributed by atoms with Crippen LogP contribution in [0.4, 0.5) is 0 Å². The number of carboxylic acids is 1. The van der Waals surface area contributed by atoms with Crippen LogP contribution in [0.25, 0.3) is 10.9 Å². The van der Waals surface area contributed by atoms with Crippen LogP contribution in [0.2, 0.25) is 0 Å². The monoisotopic (exact) mass is 259 g/mol. The SMILES string of the molecule is CC(C)Cn1ccc2ccc(CC(C)C(=O)O)cc21. The Bertz CT molecular complexity index is 583. The van der Waals surface area contributed by atoms with Crippen molar-refractivity contribution in [2.75, 3.05) is 0 Å². The van der Waals surface area contributed by atoms with Gasteiger partial charge in [0.1, 0.15) is 0 Å². The number of hydrogen-bond donors (Lipinski definition) is 1. The standard InChI is InChI=1S/C16H21NO2/c1-11(2)10-17-7-6-14-5-4-13(9-15(14)17)8-12(3)16(18)19/h4-7,9,11-12H,8,10H2,1-3H3,(H,18,19). The molecule has 19 heavy (non-hydrogen) atoms. The van der Waals surface area contributed by atoms with E-state index in [4.69, 9.17) is 5.11 Å². The van der Waals surface area contributed by atoms with Gasteiger partial charge in [0.05, 0.1) is 5.92 Å². The van der Waals surface area contributed by atoms with Crippen molar-refractivity contribution in [3.63, 3.8) is 0 Å². The first-order valence-corrected chi connectivity index (χ1v) is 6.78. The molecule has 1 heterocycles. The van der Waals surface area contributed by atoms with E-state index in [1.54, 1.807) is 6.92 Å². The number of carbonyl (C=O) groups is 1. The fraction of sp³-hybridized carbons (Fsp3) is 0.438. The normalized spacial score (nSPS) is 13.1. The van der Waals surface area contributed by atoms with Crippen molar-refractivity contribution < 1.29 is 9.90 Å². The molecule has 1 aromatic heterocycles. The van der Waals surface area contributed by atoms with Crippen molar-refractivity contribution in [3.05, 3.63) is 36.0 Å². The molecule has 0 amide bonds. The van der Waals surface area contributed by atoms with Crippen molar-refractivity contribution in [2.45, 2.75) is 33.7 Å². The van der Waals surface area contributed by atoms with Gasteiger partial charge >= 0.3 is 5.97 Å². The summed E-state index contributed by atoms with van der Waals surface area (Å²) >= 11 is 0. The van der Waals surface area contributed by atoms with E-state index in [0.717, 1.165) is 12.1 Å². The number of fused-ring (bicyclic) bond motifs is 1. The lowest BCUT2D eigenvalue weighted by Crippen LogP contribution is -2.12. The van der Waals surface area contributed by atoms with Gasteiger partial charge in [0.2, 0.25) is 0 Å². The van der Waals surface area contributed by atoms with Crippen LogP contribution in [-0.4, -0.2) is 15.6 Å². The van der Waals surface area contributed by atoms with E-state index in [1.807, 2.05) is 6.07 Å². The molecule has 2 aromatic rings. The molecule has 0 radical (unpaired) electrons. The second kappa shape index (κ2) is 5.47. The number of nitrogens with zero attached hydrogens (tertiary/aromatic N) is 1. The minimum atomic E-state index is -0.738. The Labute approximate surface area is 113 Å². The zero-order chi connectivity index (χ0) is 14.0. The minimum Gasteiger partial charge on any atom is -0.481 e. The molecule has 0 aliphatic heterocycles. The third kappa shape index (κ3) is 3.16. The highest BCUT2D eigenvalue weighted by Gasteiger charge is 2.12. The van der Waals surface area contributed by atoms with Crippen molar-refractivity contribution in [3.8, 4) is 0 Å². The molecule has 0 fully saturated rings. The van der Waals surface area contributed by atoms with Gasteiger partial charge in [-0.05, 0) is 35.4 Å². The van der Waals surface area contributed by atoms with Crippen molar-refractivity contribution in [1.29, 1.82) is 0 Å². The molecule has 102 valence electrons. The smallest absolute Gasteiger partial charge is 0.306 e. The Morgan fingerprint density at radius 1 is 1.26 bits per heavy atom. The molecule has 1 N–H and O–H groups in total. The number of benzene rings is 1. The van der Waals surface area contributed by atoms with E-state index in [-0.39, 0.29) is 5.92 Å². The highest BCUT2D eigenvalue weighted by molar-refractivity contribution is 5.81. The molecular weight excluding hydrogens is 238 g/mol. The van der Waals surface area contributed by atoms with Gasteiger partial charge in [0.25, 0.3) is 0 Å². The molecule has 0 saturated carbocycles. The van der Waals surface area contributed by atoms with Gasteiger partial charge in [-0.25, -0.2) is 0 Å². The number of aromatic nitrogens is 1. The quantitative estimate of drug-likeness (QED) is 0.892. The number of carboxylic acid groups (broad SMARTS) is 1. The van der Waals surface area contributed by atoms with Crippen LogP contribution in [0.1, 0.15) is 26.3 Å². The van der Waals surface area contributed by atoms with E-state index in [0.29, 0.717) is 12.3 Å².